The quantitative estimate of drug-likeness (QED) is 0.700. The third-order valence-electron chi connectivity index (χ3n) is 2.28. The van der Waals surface area contributed by atoms with E-state index in [-0.39, 0.29) is 6.61 Å². The first-order chi connectivity index (χ1) is 7.38. The van der Waals surface area contributed by atoms with E-state index in [0.717, 1.165) is 17.8 Å². The zero-order chi connectivity index (χ0) is 10.9. The first-order valence-electron chi connectivity index (χ1n) is 5.30. The van der Waals surface area contributed by atoms with Crippen LogP contribution >= 0.6 is 11.8 Å². The Bertz CT molecular complexity index is 278. The molecule has 1 aromatic carbocycles. The van der Waals surface area contributed by atoms with Crippen LogP contribution in [0.1, 0.15) is 18.4 Å². The van der Waals surface area contributed by atoms with Crippen LogP contribution in [0.4, 0.5) is 5.69 Å². The highest BCUT2D eigenvalue weighted by Gasteiger charge is 1.98. The topological polar surface area (TPSA) is 32.3 Å². The van der Waals surface area contributed by atoms with Crippen molar-refractivity contribution in [3.63, 3.8) is 0 Å². The van der Waals surface area contributed by atoms with Gasteiger partial charge in [0.1, 0.15) is 0 Å². The second kappa shape index (κ2) is 7.60. The third-order valence-corrected chi connectivity index (χ3v) is 2.98. The number of benzene rings is 1. The van der Waals surface area contributed by atoms with Gasteiger partial charge in [0.25, 0.3) is 0 Å². The number of hydrogen-bond donors (Lipinski definition) is 2. The monoisotopic (exact) mass is 225 g/mol. The highest BCUT2D eigenvalue weighted by atomic mass is 32.2. The summed E-state index contributed by atoms with van der Waals surface area (Å²) < 4.78 is 0. The van der Waals surface area contributed by atoms with Crippen molar-refractivity contribution in [2.75, 3.05) is 23.9 Å². The number of aliphatic hydroxyl groups excluding tert-OH is 1. The van der Waals surface area contributed by atoms with E-state index in [1.165, 1.54) is 18.6 Å². The summed E-state index contributed by atoms with van der Waals surface area (Å²) in [5.41, 5.74) is 2.03. The number of thioether (sulfide) groups is 1. The Morgan fingerprint density at radius 3 is 2.80 bits per heavy atom. The van der Waals surface area contributed by atoms with E-state index >= 15 is 0 Å². The lowest BCUT2D eigenvalue weighted by Crippen LogP contribution is -2.04. The molecule has 15 heavy (non-hydrogen) atoms. The minimum Gasteiger partial charge on any atom is -0.392 e. The Balaban J connectivity index is 2.30. The van der Waals surface area contributed by atoms with E-state index in [9.17, 15) is 0 Å². The van der Waals surface area contributed by atoms with Gasteiger partial charge in [-0.3, -0.25) is 0 Å². The second-order valence-corrected chi connectivity index (χ2v) is 4.43. The second-order valence-electron chi connectivity index (χ2n) is 3.44. The molecular formula is C12H19NOS. The van der Waals surface area contributed by atoms with Gasteiger partial charge in [-0.05, 0) is 30.9 Å². The van der Waals surface area contributed by atoms with Gasteiger partial charge in [-0.1, -0.05) is 18.2 Å². The molecule has 0 bridgehead atoms. The average molecular weight is 225 g/mol. The molecule has 0 saturated carbocycles. The molecule has 0 unspecified atom stereocenters. The van der Waals surface area contributed by atoms with Crippen molar-refractivity contribution >= 4 is 17.4 Å². The summed E-state index contributed by atoms with van der Waals surface area (Å²) in [7, 11) is 0. The molecule has 0 heterocycles. The van der Waals surface area contributed by atoms with E-state index < -0.39 is 0 Å². The first-order valence-corrected chi connectivity index (χ1v) is 6.69. The van der Waals surface area contributed by atoms with Crippen LogP contribution in [-0.4, -0.2) is 23.7 Å². The zero-order valence-electron chi connectivity index (χ0n) is 9.20. The Morgan fingerprint density at radius 2 is 2.07 bits per heavy atom. The molecule has 0 aromatic heterocycles. The van der Waals surface area contributed by atoms with Crippen molar-refractivity contribution < 1.29 is 5.11 Å². The predicted molar refractivity (Wildman–Crippen MR) is 68.5 cm³/mol. The van der Waals surface area contributed by atoms with Gasteiger partial charge >= 0.3 is 0 Å². The fraction of sp³-hybridized carbons (Fsp3) is 0.500. The summed E-state index contributed by atoms with van der Waals surface area (Å²) in [5, 5.41) is 12.5. The van der Waals surface area contributed by atoms with Gasteiger partial charge in [-0.2, -0.15) is 11.8 Å². The largest absolute Gasteiger partial charge is 0.392 e. The van der Waals surface area contributed by atoms with Crippen LogP contribution in [0.25, 0.3) is 0 Å². The van der Waals surface area contributed by atoms with Crippen LogP contribution in [-0.2, 0) is 6.61 Å². The van der Waals surface area contributed by atoms with Gasteiger partial charge in [0, 0.05) is 17.8 Å². The summed E-state index contributed by atoms with van der Waals surface area (Å²) in [5.74, 6) is 1.23. The van der Waals surface area contributed by atoms with Crippen molar-refractivity contribution in [1.82, 2.24) is 0 Å². The molecule has 3 heteroatoms. The minimum atomic E-state index is 0.105. The fourth-order valence-electron chi connectivity index (χ4n) is 1.43. The molecule has 1 aromatic rings. The van der Waals surface area contributed by atoms with Crippen LogP contribution < -0.4 is 5.32 Å². The van der Waals surface area contributed by atoms with Gasteiger partial charge < -0.3 is 10.4 Å². The maximum absolute atomic E-state index is 9.12. The lowest BCUT2D eigenvalue weighted by atomic mass is 10.2. The summed E-state index contributed by atoms with van der Waals surface area (Å²) in [4.78, 5) is 0. The van der Waals surface area contributed by atoms with Crippen LogP contribution in [0.5, 0.6) is 0 Å². The summed E-state index contributed by atoms with van der Waals surface area (Å²) in [6, 6.07) is 7.90. The van der Waals surface area contributed by atoms with Crippen LogP contribution in [0, 0.1) is 0 Å². The lowest BCUT2D eigenvalue weighted by Gasteiger charge is -2.09. The predicted octanol–water partition coefficient (Wildman–Crippen LogP) is 2.73. The maximum Gasteiger partial charge on any atom is 0.0701 e. The molecule has 0 radical (unpaired) electrons. The van der Waals surface area contributed by atoms with Gasteiger partial charge in [0.2, 0.25) is 0 Å². The number of unbranched alkanes of at least 4 members (excludes halogenated alkanes) is 1. The van der Waals surface area contributed by atoms with Crippen LogP contribution in [0.15, 0.2) is 24.3 Å². The summed E-state index contributed by atoms with van der Waals surface area (Å²) in [6.45, 7) is 1.09. The number of aliphatic hydroxyl groups is 1. The molecule has 0 aliphatic rings. The van der Waals surface area contributed by atoms with Crippen LogP contribution in [0.2, 0.25) is 0 Å². The highest BCUT2D eigenvalue weighted by Crippen LogP contribution is 2.14. The molecule has 84 valence electrons. The molecule has 0 spiro atoms. The van der Waals surface area contributed by atoms with E-state index in [4.69, 9.17) is 5.11 Å². The van der Waals surface area contributed by atoms with Crippen molar-refractivity contribution in [1.29, 1.82) is 0 Å². The molecule has 2 nitrogen and oxygen atoms in total. The number of nitrogens with one attached hydrogen (secondary N) is 1. The summed E-state index contributed by atoms with van der Waals surface area (Å²) in [6.07, 6.45) is 4.56. The number of para-hydroxylation sites is 1. The fourth-order valence-corrected chi connectivity index (χ4v) is 1.92. The lowest BCUT2D eigenvalue weighted by molar-refractivity contribution is 0.282. The van der Waals surface area contributed by atoms with E-state index in [1.807, 2.05) is 36.0 Å². The third kappa shape index (κ3) is 4.58. The molecule has 0 aliphatic heterocycles. The maximum atomic E-state index is 9.12. The van der Waals surface area contributed by atoms with Gasteiger partial charge in [-0.15, -0.1) is 0 Å². The molecule has 0 amide bonds. The zero-order valence-corrected chi connectivity index (χ0v) is 10.0. The summed E-state index contributed by atoms with van der Waals surface area (Å²) >= 11 is 1.89. The number of hydrogen-bond acceptors (Lipinski definition) is 3. The van der Waals surface area contributed by atoms with Gasteiger partial charge in [-0.25, -0.2) is 0 Å². The van der Waals surface area contributed by atoms with Crippen molar-refractivity contribution in [3.05, 3.63) is 29.8 Å². The van der Waals surface area contributed by atoms with Crippen molar-refractivity contribution in [3.8, 4) is 0 Å². The van der Waals surface area contributed by atoms with E-state index in [0.29, 0.717) is 0 Å². The highest BCUT2D eigenvalue weighted by molar-refractivity contribution is 7.98. The molecule has 0 fully saturated rings. The van der Waals surface area contributed by atoms with E-state index in [2.05, 4.69) is 11.6 Å². The molecule has 0 atom stereocenters. The molecule has 0 aliphatic carbocycles. The first kappa shape index (κ1) is 12.4. The molecule has 0 saturated heterocycles. The van der Waals surface area contributed by atoms with Crippen LogP contribution in [0.3, 0.4) is 0 Å². The van der Waals surface area contributed by atoms with Gasteiger partial charge in [0.15, 0.2) is 0 Å². The molecule has 2 N–H and O–H groups in total. The Morgan fingerprint density at radius 1 is 1.27 bits per heavy atom. The number of rotatable bonds is 7. The SMILES string of the molecule is CSCCCCNc1ccccc1CO. The Hall–Kier alpha value is -0.670. The van der Waals surface area contributed by atoms with E-state index in [1.54, 1.807) is 0 Å². The smallest absolute Gasteiger partial charge is 0.0701 e. The standard InChI is InChI=1S/C12H19NOS/c1-15-9-5-4-8-13-12-7-3-2-6-11(12)10-14/h2-3,6-7,13-14H,4-5,8-10H2,1H3. The molecule has 1 rings (SSSR count). The van der Waals surface area contributed by atoms with Crippen molar-refractivity contribution in [2.24, 2.45) is 0 Å². The number of anilines is 1. The Kier molecular flexibility index (Phi) is 6.28. The van der Waals surface area contributed by atoms with Gasteiger partial charge in [0.05, 0.1) is 6.61 Å². The Labute approximate surface area is 96.1 Å². The van der Waals surface area contributed by atoms with Crippen molar-refractivity contribution in [2.45, 2.75) is 19.4 Å². The minimum absolute atomic E-state index is 0.105. The normalized spacial score (nSPS) is 10.3. The molecular weight excluding hydrogens is 206 g/mol. The average Bonchev–Trinajstić information content (AvgIpc) is 2.29.